The topological polar surface area (TPSA) is 29.1 Å². The molecule has 19 heavy (non-hydrogen) atoms. The summed E-state index contributed by atoms with van der Waals surface area (Å²) in [4.78, 5) is 12.0. The first-order chi connectivity index (χ1) is 9.19. The van der Waals surface area contributed by atoms with Gasteiger partial charge in [0, 0.05) is 6.42 Å². The summed E-state index contributed by atoms with van der Waals surface area (Å²) >= 11 is 0. The molecule has 1 N–H and O–H groups in total. The van der Waals surface area contributed by atoms with Gasteiger partial charge in [-0.2, -0.15) is 0 Å². The zero-order valence-corrected chi connectivity index (χ0v) is 11.9. The molecule has 1 aliphatic carbocycles. The summed E-state index contributed by atoms with van der Waals surface area (Å²) < 4.78 is 0. The fourth-order valence-corrected chi connectivity index (χ4v) is 2.53. The van der Waals surface area contributed by atoms with Crippen molar-refractivity contribution in [3.8, 4) is 0 Å². The molecular weight excluding hydrogens is 234 g/mol. The third-order valence-corrected chi connectivity index (χ3v) is 3.83. The minimum absolute atomic E-state index is 0.0868. The van der Waals surface area contributed by atoms with E-state index in [1.807, 2.05) is 6.92 Å². The van der Waals surface area contributed by atoms with E-state index in [1.54, 1.807) is 0 Å². The fourth-order valence-electron chi connectivity index (χ4n) is 2.53. The first kappa shape index (κ1) is 13.9. The Morgan fingerprint density at radius 3 is 2.68 bits per heavy atom. The molecular formula is C17H23NO. The van der Waals surface area contributed by atoms with Gasteiger partial charge in [0.25, 0.3) is 0 Å². The SMILES string of the molecule is CCc1ccc(C(C)NC(=O)CC2C=CCC2)cc1. The fraction of sp³-hybridized carbons (Fsp3) is 0.471. The van der Waals surface area contributed by atoms with Crippen LogP contribution in [0.2, 0.25) is 0 Å². The van der Waals surface area contributed by atoms with E-state index in [0.29, 0.717) is 12.3 Å². The van der Waals surface area contributed by atoms with Crippen LogP contribution in [0.25, 0.3) is 0 Å². The number of benzene rings is 1. The van der Waals surface area contributed by atoms with Crippen molar-refractivity contribution in [1.29, 1.82) is 0 Å². The van der Waals surface area contributed by atoms with Crippen molar-refractivity contribution in [3.63, 3.8) is 0 Å². The van der Waals surface area contributed by atoms with Crippen molar-refractivity contribution in [2.75, 3.05) is 0 Å². The van der Waals surface area contributed by atoms with Crippen LogP contribution in [0.1, 0.15) is 50.3 Å². The minimum Gasteiger partial charge on any atom is -0.350 e. The number of amides is 1. The molecule has 0 fully saturated rings. The molecule has 2 unspecified atom stereocenters. The molecule has 0 heterocycles. The summed E-state index contributed by atoms with van der Waals surface area (Å²) in [6.45, 7) is 4.19. The Morgan fingerprint density at radius 2 is 2.11 bits per heavy atom. The Hall–Kier alpha value is -1.57. The Bertz CT molecular complexity index is 447. The van der Waals surface area contributed by atoms with Gasteiger partial charge in [0.1, 0.15) is 0 Å². The highest BCUT2D eigenvalue weighted by molar-refractivity contribution is 5.77. The lowest BCUT2D eigenvalue weighted by Gasteiger charge is -2.16. The average Bonchev–Trinajstić information content (AvgIpc) is 2.91. The van der Waals surface area contributed by atoms with Gasteiger partial charge in [-0.05, 0) is 43.2 Å². The number of carbonyl (C=O) groups is 1. The summed E-state index contributed by atoms with van der Waals surface area (Å²) in [6.07, 6.45) is 8.24. The smallest absolute Gasteiger partial charge is 0.221 e. The zero-order valence-electron chi connectivity index (χ0n) is 11.9. The van der Waals surface area contributed by atoms with Gasteiger partial charge in [0.2, 0.25) is 5.91 Å². The molecule has 102 valence electrons. The Balaban J connectivity index is 1.86. The number of rotatable bonds is 5. The summed E-state index contributed by atoms with van der Waals surface area (Å²) in [7, 11) is 0. The third kappa shape index (κ3) is 3.95. The van der Waals surface area contributed by atoms with E-state index in [4.69, 9.17) is 0 Å². The Kier molecular flexibility index (Phi) is 4.78. The van der Waals surface area contributed by atoms with E-state index >= 15 is 0 Å². The third-order valence-electron chi connectivity index (χ3n) is 3.83. The van der Waals surface area contributed by atoms with E-state index in [1.165, 1.54) is 11.1 Å². The van der Waals surface area contributed by atoms with Crippen LogP contribution in [0.5, 0.6) is 0 Å². The lowest BCUT2D eigenvalue weighted by atomic mass is 10.0. The van der Waals surface area contributed by atoms with Gasteiger partial charge in [-0.3, -0.25) is 4.79 Å². The normalized spacial score (nSPS) is 19.4. The van der Waals surface area contributed by atoms with Crippen LogP contribution in [-0.2, 0) is 11.2 Å². The second kappa shape index (κ2) is 6.55. The molecule has 2 heteroatoms. The van der Waals surface area contributed by atoms with Gasteiger partial charge < -0.3 is 5.32 Å². The summed E-state index contributed by atoms with van der Waals surface area (Å²) in [5.74, 6) is 0.596. The van der Waals surface area contributed by atoms with Crippen LogP contribution in [0, 0.1) is 5.92 Å². The maximum Gasteiger partial charge on any atom is 0.221 e. The number of nitrogens with one attached hydrogen (secondary N) is 1. The van der Waals surface area contributed by atoms with Gasteiger partial charge >= 0.3 is 0 Å². The van der Waals surface area contributed by atoms with Gasteiger partial charge in [-0.1, -0.05) is 43.3 Å². The van der Waals surface area contributed by atoms with Crippen LogP contribution in [-0.4, -0.2) is 5.91 Å². The van der Waals surface area contributed by atoms with Crippen LogP contribution >= 0.6 is 0 Å². The number of carbonyl (C=O) groups excluding carboxylic acids is 1. The molecule has 0 aromatic heterocycles. The van der Waals surface area contributed by atoms with Crippen LogP contribution in [0.4, 0.5) is 0 Å². The first-order valence-electron chi connectivity index (χ1n) is 7.24. The highest BCUT2D eigenvalue weighted by atomic mass is 16.1. The number of aryl methyl sites for hydroxylation is 1. The van der Waals surface area contributed by atoms with Crippen LogP contribution in [0.3, 0.4) is 0 Å². The second-order valence-electron chi connectivity index (χ2n) is 5.35. The number of allylic oxidation sites excluding steroid dienone is 2. The summed E-state index contributed by atoms with van der Waals surface area (Å²) in [5, 5.41) is 3.09. The summed E-state index contributed by atoms with van der Waals surface area (Å²) in [6, 6.07) is 8.58. The van der Waals surface area contributed by atoms with E-state index in [0.717, 1.165) is 19.3 Å². The van der Waals surface area contributed by atoms with Crippen molar-refractivity contribution >= 4 is 5.91 Å². The Morgan fingerprint density at radius 1 is 1.37 bits per heavy atom. The van der Waals surface area contributed by atoms with Gasteiger partial charge in [-0.15, -0.1) is 0 Å². The molecule has 0 saturated carbocycles. The molecule has 1 aliphatic rings. The molecule has 0 saturated heterocycles. The highest BCUT2D eigenvalue weighted by Crippen LogP contribution is 2.21. The lowest BCUT2D eigenvalue weighted by Crippen LogP contribution is -2.27. The van der Waals surface area contributed by atoms with Crippen molar-refractivity contribution in [2.24, 2.45) is 5.92 Å². The number of hydrogen-bond donors (Lipinski definition) is 1. The van der Waals surface area contributed by atoms with Crippen LogP contribution < -0.4 is 5.32 Å². The molecule has 1 aromatic rings. The standard InChI is InChI=1S/C17H23NO/c1-3-14-8-10-16(11-9-14)13(2)18-17(19)12-15-6-4-5-7-15/h4,6,8-11,13,15H,3,5,7,12H2,1-2H3,(H,18,19). The predicted molar refractivity (Wildman–Crippen MR) is 78.9 cm³/mol. The molecule has 0 aliphatic heterocycles. The van der Waals surface area contributed by atoms with Crippen molar-refractivity contribution in [1.82, 2.24) is 5.32 Å². The zero-order chi connectivity index (χ0) is 13.7. The lowest BCUT2D eigenvalue weighted by molar-refractivity contribution is -0.122. The maximum atomic E-state index is 12.0. The largest absolute Gasteiger partial charge is 0.350 e. The quantitative estimate of drug-likeness (QED) is 0.799. The molecule has 1 amide bonds. The minimum atomic E-state index is 0.0868. The highest BCUT2D eigenvalue weighted by Gasteiger charge is 2.15. The van der Waals surface area contributed by atoms with Crippen molar-refractivity contribution < 1.29 is 4.79 Å². The predicted octanol–water partition coefficient (Wildman–Crippen LogP) is 3.78. The second-order valence-corrected chi connectivity index (χ2v) is 5.35. The van der Waals surface area contributed by atoms with Gasteiger partial charge in [0.15, 0.2) is 0 Å². The first-order valence-corrected chi connectivity index (χ1v) is 7.24. The van der Waals surface area contributed by atoms with Crippen LogP contribution in [0.15, 0.2) is 36.4 Å². The average molecular weight is 257 g/mol. The molecule has 0 radical (unpaired) electrons. The summed E-state index contributed by atoms with van der Waals surface area (Å²) in [5.41, 5.74) is 2.51. The molecule has 2 nitrogen and oxygen atoms in total. The van der Waals surface area contributed by atoms with E-state index in [9.17, 15) is 4.79 Å². The van der Waals surface area contributed by atoms with Crippen molar-refractivity contribution in [2.45, 2.75) is 45.6 Å². The maximum absolute atomic E-state index is 12.0. The monoisotopic (exact) mass is 257 g/mol. The molecule has 0 bridgehead atoms. The van der Waals surface area contributed by atoms with Gasteiger partial charge in [-0.25, -0.2) is 0 Å². The molecule has 0 spiro atoms. The van der Waals surface area contributed by atoms with E-state index < -0.39 is 0 Å². The molecule has 2 atom stereocenters. The van der Waals surface area contributed by atoms with E-state index in [2.05, 4.69) is 48.7 Å². The molecule has 1 aromatic carbocycles. The molecule has 2 rings (SSSR count). The van der Waals surface area contributed by atoms with Gasteiger partial charge in [0.05, 0.1) is 6.04 Å². The number of hydrogen-bond acceptors (Lipinski definition) is 1. The Labute approximate surface area is 115 Å². The van der Waals surface area contributed by atoms with Crippen molar-refractivity contribution in [3.05, 3.63) is 47.5 Å². The van der Waals surface area contributed by atoms with E-state index in [-0.39, 0.29) is 11.9 Å².